The highest BCUT2D eigenvalue weighted by Crippen LogP contribution is 2.22. The monoisotopic (exact) mass is 417 g/mol. The molecule has 8 heteroatoms. The molecule has 0 aliphatic heterocycles. The number of hydrogen-bond donors (Lipinski definition) is 1. The van der Waals surface area contributed by atoms with E-state index < -0.39 is 29.1 Å². The fraction of sp³-hybridized carbons (Fsp3) is 0.190. The van der Waals surface area contributed by atoms with Crippen molar-refractivity contribution >= 4 is 40.0 Å². The standard InChI is InChI=1S/C21H18ClF2N3O2/c1-3-27(11-19(28)26-20-16(23)5-4-6-17(20)24)21(29)15-10-13-9-14(22)7-8-18(13)25-12(15)2/h4-10H,3,11H2,1-2H3,(H,26,28). The topological polar surface area (TPSA) is 62.3 Å². The van der Waals surface area contributed by atoms with Crippen LogP contribution in [0.2, 0.25) is 5.02 Å². The van der Waals surface area contributed by atoms with E-state index in [-0.39, 0.29) is 13.1 Å². The Kier molecular flexibility index (Phi) is 6.08. The van der Waals surface area contributed by atoms with Crippen LogP contribution in [-0.2, 0) is 4.79 Å². The van der Waals surface area contributed by atoms with Gasteiger partial charge in [0.25, 0.3) is 5.91 Å². The van der Waals surface area contributed by atoms with Crippen molar-refractivity contribution in [3.8, 4) is 0 Å². The lowest BCUT2D eigenvalue weighted by molar-refractivity contribution is -0.116. The molecule has 1 heterocycles. The maximum atomic E-state index is 13.7. The van der Waals surface area contributed by atoms with Crippen LogP contribution in [0, 0.1) is 18.6 Å². The number of aromatic nitrogens is 1. The summed E-state index contributed by atoms with van der Waals surface area (Å²) in [6.45, 7) is 3.26. The Labute approximate surface area is 171 Å². The molecule has 2 aromatic carbocycles. The van der Waals surface area contributed by atoms with E-state index in [2.05, 4.69) is 10.3 Å². The molecule has 1 N–H and O–H groups in total. The van der Waals surface area contributed by atoms with Crippen LogP contribution in [-0.4, -0.2) is 34.8 Å². The number of pyridine rings is 1. The van der Waals surface area contributed by atoms with Gasteiger partial charge >= 0.3 is 0 Å². The number of para-hydroxylation sites is 1. The number of fused-ring (bicyclic) bond motifs is 1. The van der Waals surface area contributed by atoms with Gasteiger partial charge in [-0.05, 0) is 50.2 Å². The number of carbonyl (C=O) groups excluding carboxylic acids is 2. The zero-order valence-electron chi connectivity index (χ0n) is 15.8. The highest BCUT2D eigenvalue weighted by Gasteiger charge is 2.21. The first-order valence-electron chi connectivity index (χ1n) is 8.90. The smallest absolute Gasteiger partial charge is 0.256 e. The van der Waals surface area contributed by atoms with Crippen molar-refractivity contribution in [3.05, 3.63) is 70.4 Å². The minimum atomic E-state index is -0.890. The Hall–Kier alpha value is -3.06. The van der Waals surface area contributed by atoms with Crippen molar-refractivity contribution in [1.29, 1.82) is 0 Å². The molecule has 29 heavy (non-hydrogen) atoms. The number of anilines is 1. The van der Waals surface area contributed by atoms with Crippen molar-refractivity contribution in [2.75, 3.05) is 18.4 Å². The summed E-state index contributed by atoms with van der Waals surface area (Å²) in [6.07, 6.45) is 0. The first-order valence-corrected chi connectivity index (χ1v) is 9.28. The Morgan fingerprint density at radius 2 is 1.83 bits per heavy atom. The fourth-order valence-electron chi connectivity index (χ4n) is 2.93. The van der Waals surface area contributed by atoms with Gasteiger partial charge in [-0.15, -0.1) is 0 Å². The molecule has 0 saturated heterocycles. The van der Waals surface area contributed by atoms with E-state index in [0.29, 0.717) is 27.2 Å². The average Bonchev–Trinajstić information content (AvgIpc) is 2.68. The van der Waals surface area contributed by atoms with Gasteiger partial charge in [0, 0.05) is 17.0 Å². The van der Waals surface area contributed by atoms with Gasteiger partial charge in [0.1, 0.15) is 23.9 Å². The number of hydrogen-bond acceptors (Lipinski definition) is 3. The summed E-state index contributed by atoms with van der Waals surface area (Å²) >= 11 is 6.01. The molecule has 0 unspecified atom stereocenters. The molecule has 0 spiro atoms. The molecule has 0 saturated carbocycles. The van der Waals surface area contributed by atoms with Crippen molar-refractivity contribution < 1.29 is 18.4 Å². The van der Waals surface area contributed by atoms with Crippen molar-refractivity contribution in [3.63, 3.8) is 0 Å². The van der Waals surface area contributed by atoms with Crippen LogP contribution < -0.4 is 5.32 Å². The van der Waals surface area contributed by atoms with E-state index in [1.165, 1.54) is 11.0 Å². The van der Waals surface area contributed by atoms with E-state index in [0.717, 1.165) is 12.1 Å². The quantitative estimate of drug-likeness (QED) is 0.661. The summed E-state index contributed by atoms with van der Waals surface area (Å²) in [5, 5.41) is 3.39. The average molecular weight is 418 g/mol. The third-order valence-electron chi connectivity index (χ3n) is 4.43. The second-order valence-corrected chi connectivity index (χ2v) is 6.86. The number of amides is 2. The predicted octanol–water partition coefficient (Wildman–Crippen LogP) is 4.58. The number of halogens is 3. The van der Waals surface area contributed by atoms with Crippen LogP contribution in [0.3, 0.4) is 0 Å². The molecule has 0 fully saturated rings. The van der Waals surface area contributed by atoms with E-state index in [4.69, 9.17) is 11.6 Å². The van der Waals surface area contributed by atoms with Crippen LogP contribution in [0.4, 0.5) is 14.5 Å². The summed E-state index contributed by atoms with van der Waals surface area (Å²) in [7, 11) is 0. The number of nitrogens with one attached hydrogen (secondary N) is 1. The van der Waals surface area contributed by atoms with Gasteiger partial charge < -0.3 is 10.2 Å². The lowest BCUT2D eigenvalue weighted by atomic mass is 10.1. The first-order chi connectivity index (χ1) is 13.8. The van der Waals surface area contributed by atoms with Crippen molar-refractivity contribution in [1.82, 2.24) is 9.88 Å². The SMILES string of the molecule is CCN(CC(=O)Nc1c(F)cccc1F)C(=O)c1cc2cc(Cl)ccc2nc1C. The maximum absolute atomic E-state index is 13.7. The minimum absolute atomic E-state index is 0.221. The molecule has 5 nitrogen and oxygen atoms in total. The molecule has 0 bridgehead atoms. The first kappa shape index (κ1) is 20.7. The number of likely N-dealkylation sites (N-methyl/N-ethyl adjacent to an activating group) is 1. The van der Waals surface area contributed by atoms with Crippen LogP contribution in [0.15, 0.2) is 42.5 Å². The maximum Gasteiger partial charge on any atom is 0.256 e. The van der Waals surface area contributed by atoms with Gasteiger partial charge in [-0.3, -0.25) is 14.6 Å². The molecule has 1 aromatic heterocycles. The van der Waals surface area contributed by atoms with E-state index in [1.807, 2.05) is 0 Å². The van der Waals surface area contributed by atoms with Crippen LogP contribution >= 0.6 is 11.6 Å². The summed E-state index contributed by atoms with van der Waals surface area (Å²) in [5.74, 6) is -2.90. The molecule has 0 aliphatic carbocycles. The number of carbonyl (C=O) groups is 2. The number of aryl methyl sites for hydroxylation is 1. The lowest BCUT2D eigenvalue weighted by Crippen LogP contribution is -2.38. The molecular formula is C21H18ClF2N3O2. The second-order valence-electron chi connectivity index (χ2n) is 6.42. The summed E-state index contributed by atoms with van der Waals surface area (Å²) in [6, 6.07) is 10.1. The number of nitrogens with zero attached hydrogens (tertiary/aromatic N) is 2. The van der Waals surface area contributed by atoms with Crippen molar-refractivity contribution in [2.45, 2.75) is 13.8 Å². The highest BCUT2D eigenvalue weighted by molar-refractivity contribution is 6.31. The van der Waals surface area contributed by atoms with Gasteiger partial charge in [0.2, 0.25) is 5.91 Å². The third-order valence-corrected chi connectivity index (χ3v) is 4.66. The normalized spacial score (nSPS) is 10.8. The predicted molar refractivity (Wildman–Crippen MR) is 108 cm³/mol. The zero-order valence-corrected chi connectivity index (χ0v) is 16.6. The number of rotatable bonds is 5. The Balaban J connectivity index is 1.82. The van der Waals surface area contributed by atoms with Crippen LogP contribution in [0.1, 0.15) is 23.0 Å². The Morgan fingerprint density at radius 1 is 1.14 bits per heavy atom. The van der Waals surface area contributed by atoms with E-state index in [1.54, 1.807) is 38.1 Å². The fourth-order valence-corrected chi connectivity index (χ4v) is 3.11. The molecule has 150 valence electrons. The van der Waals surface area contributed by atoms with E-state index >= 15 is 0 Å². The van der Waals surface area contributed by atoms with Gasteiger partial charge in [-0.2, -0.15) is 0 Å². The Bertz CT molecular complexity index is 1080. The van der Waals surface area contributed by atoms with E-state index in [9.17, 15) is 18.4 Å². The minimum Gasteiger partial charge on any atom is -0.330 e. The molecule has 3 aromatic rings. The van der Waals surface area contributed by atoms with Gasteiger partial charge in [0.05, 0.1) is 16.8 Å². The second kappa shape index (κ2) is 8.53. The molecule has 2 amide bonds. The molecule has 0 aliphatic rings. The van der Waals surface area contributed by atoms with Gasteiger partial charge in [0.15, 0.2) is 0 Å². The highest BCUT2D eigenvalue weighted by atomic mass is 35.5. The molecule has 0 atom stereocenters. The largest absolute Gasteiger partial charge is 0.330 e. The third kappa shape index (κ3) is 4.51. The summed E-state index contributed by atoms with van der Waals surface area (Å²) in [4.78, 5) is 31.0. The summed E-state index contributed by atoms with van der Waals surface area (Å²) in [5.41, 5.74) is 0.980. The van der Waals surface area contributed by atoms with Gasteiger partial charge in [-0.1, -0.05) is 17.7 Å². The molecule has 3 rings (SSSR count). The summed E-state index contributed by atoms with van der Waals surface area (Å²) < 4.78 is 27.5. The molecule has 0 radical (unpaired) electrons. The Morgan fingerprint density at radius 3 is 2.48 bits per heavy atom. The van der Waals surface area contributed by atoms with Crippen LogP contribution in [0.5, 0.6) is 0 Å². The lowest BCUT2D eigenvalue weighted by Gasteiger charge is -2.21. The van der Waals surface area contributed by atoms with Crippen LogP contribution in [0.25, 0.3) is 10.9 Å². The number of benzene rings is 2. The zero-order chi connectivity index (χ0) is 21.1. The van der Waals surface area contributed by atoms with Crippen molar-refractivity contribution in [2.24, 2.45) is 0 Å². The molecular weight excluding hydrogens is 400 g/mol. The van der Waals surface area contributed by atoms with Gasteiger partial charge in [-0.25, -0.2) is 8.78 Å².